The van der Waals surface area contributed by atoms with Crippen LogP contribution in [0.1, 0.15) is 66.8 Å². The van der Waals surface area contributed by atoms with E-state index in [4.69, 9.17) is 90.0 Å². The lowest BCUT2D eigenvalue weighted by atomic mass is 9.94. The average Bonchev–Trinajstić information content (AvgIpc) is 0.755. The van der Waals surface area contributed by atoms with E-state index >= 15 is 0 Å². The monoisotopic (exact) mass is 1750 g/mol. The summed E-state index contributed by atoms with van der Waals surface area (Å²) < 4.78 is 139. The highest BCUT2D eigenvalue weighted by Gasteiger charge is 2.59. The van der Waals surface area contributed by atoms with Crippen LogP contribution in [0.2, 0.25) is 0 Å². The minimum Gasteiger partial charge on any atom is -0.385 e. The number of hydrogen-bond donors (Lipinski definition) is 2. The summed E-state index contributed by atoms with van der Waals surface area (Å²) in [6, 6.07) is 118. The maximum absolute atomic E-state index is 13.8. The Morgan fingerprint density at radius 2 is 0.341 bits per heavy atom. The van der Waals surface area contributed by atoms with Gasteiger partial charge in [0.1, 0.15) is 97.7 Å². The summed E-state index contributed by atoms with van der Waals surface area (Å²) in [5, 5.41) is 27.2. The van der Waals surface area contributed by atoms with Crippen molar-refractivity contribution in [2.24, 2.45) is 0 Å². The fourth-order valence-electron chi connectivity index (χ4n) is 16.5. The topological polar surface area (TPSA) is 216 Å². The standard InChI is InChI=1S/C108H114O21/c109-93-98(119-69-85-53-29-9-30-54-85)94(115-65-81-45-21-5-22-46-81)90(74-112-62-78-39-15-2-16-40-78)124-106(93)128-103-100(121-71-87-57-33-11-34-58-87)96(117-67-83-49-25-7-26-50-83)92(76-114-64-80-43-19-4-20-44-80)126-108(103)129-104-101(122-72-88-59-35-12-36-60-88)97(118-68-84-51-27-8-28-52-84)91(75-113-63-79-41-17-3-18-42-79)125-107(104)127-102-99(120-70-86-55-31-10-32-56-86)95(116-66-82-47-23-6-24-48-82)89(123-105(102)110)73-111-61-77-37-13-1-14-38-77/h1-60,89-110H,61-76H2/t89-,90-,91-,92-,93+,94-,95-,96-,97-,98-,99+,100+,101+,102+,103+,104+,105?,106?,107?,108?/m1/s1. The van der Waals surface area contributed by atoms with E-state index in [-0.39, 0.29) is 106 Å². The normalized spacial score (nSPS) is 25.8. The van der Waals surface area contributed by atoms with Crippen molar-refractivity contribution in [1.82, 2.24) is 0 Å². The zero-order valence-corrected chi connectivity index (χ0v) is 72.2. The number of ether oxygens (including phenoxy) is 19. The molecule has 0 aliphatic carbocycles. The first-order valence-electron chi connectivity index (χ1n) is 44.5. The quantitative estimate of drug-likeness (QED) is 0.0363. The van der Waals surface area contributed by atoms with E-state index in [1.54, 1.807) is 0 Å². The first-order valence-corrected chi connectivity index (χ1v) is 44.5. The maximum Gasteiger partial charge on any atom is 0.187 e. The minimum atomic E-state index is -1.78. The molecule has 129 heavy (non-hydrogen) atoms. The van der Waals surface area contributed by atoms with Crippen molar-refractivity contribution >= 4 is 0 Å². The zero-order chi connectivity index (χ0) is 87.7. The van der Waals surface area contributed by atoms with Gasteiger partial charge in [-0.3, -0.25) is 0 Å². The van der Waals surface area contributed by atoms with Gasteiger partial charge in [-0.2, -0.15) is 0 Å². The highest BCUT2D eigenvalue weighted by molar-refractivity contribution is 5.23. The number of aliphatic hydroxyl groups is 2. The number of hydrogen-bond acceptors (Lipinski definition) is 21. The van der Waals surface area contributed by atoms with Crippen LogP contribution in [0.25, 0.3) is 0 Å². The van der Waals surface area contributed by atoms with Crippen LogP contribution in [-0.4, -0.2) is 159 Å². The largest absolute Gasteiger partial charge is 0.385 e. The lowest BCUT2D eigenvalue weighted by Gasteiger charge is -2.52. The Labute approximate surface area is 755 Å². The van der Waals surface area contributed by atoms with E-state index in [1.807, 2.05) is 364 Å². The Bertz CT molecular complexity index is 5070. The summed E-state index contributed by atoms with van der Waals surface area (Å²) in [5.74, 6) is 0. The second-order valence-electron chi connectivity index (χ2n) is 32.6. The predicted molar refractivity (Wildman–Crippen MR) is 482 cm³/mol. The molecule has 4 saturated heterocycles. The maximum atomic E-state index is 13.8. The Morgan fingerprint density at radius 1 is 0.171 bits per heavy atom. The molecule has 0 spiro atoms. The van der Waals surface area contributed by atoms with E-state index in [1.165, 1.54) is 0 Å². The van der Waals surface area contributed by atoms with Crippen molar-refractivity contribution in [3.05, 3.63) is 431 Å². The van der Waals surface area contributed by atoms with Crippen molar-refractivity contribution in [2.75, 3.05) is 26.4 Å². The van der Waals surface area contributed by atoms with Crippen LogP contribution in [0, 0.1) is 0 Å². The van der Waals surface area contributed by atoms with Crippen molar-refractivity contribution in [3.63, 3.8) is 0 Å². The highest BCUT2D eigenvalue weighted by atomic mass is 16.8. The van der Waals surface area contributed by atoms with Gasteiger partial charge in [-0.25, -0.2) is 0 Å². The van der Waals surface area contributed by atoms with E-state index in [2.05, 4.69) is 0 Å². The van der Waals surface area contributed by atoms with Gasteiger partial charge in [-0.05, 0) is 66.8 Å². The van der Waals surface area contributed by atoms with Crippen molar-refractivity contribution in [2.45, 2.75) is 202 Å². The van der Waals surface area contributed by atoms with Crippen LogP contribution < -0.4 is 0 Å². The molecule has 12 aromatic rings. The Morgan fingerprint density at radius 3 is 0.581 bits per heavy atom. The third kappa shape index (κ3) is 27.0. The second-order valence-corrected chi connectivity index (χ2v) is 32.6. The zero-order valence-electron chi connectivity index (χ0n) is 72.2. The molecule has 21 heteroatoms. The van der Waals surface area contributed by atoms with Gasteiger partial charge in [0.25, 0.3) is 0 Å². The summed E-state index contributed by atoms with van der Waals surface area (Å²) >= 11 is 0. The van der Waals surface area contributed by atoms with Crippen LogP contribution in [-0.2, 0) is 169 Å². The predicted octanol–water partition coefficient (Wildman–Crippen LogP) is 16.9. The third-order valence-electron chi connectivity index (χ3n) is 23.1. The van der Waals surface area contributed by atoms with Crippen molar-refractivity contribution in [3.8, 4) is 0 Å². The molecular weight excluding hydrogens is 1630 g/mol. The number of rotatable bonds is 46. The van der Waals surface area contributed by atoms with E-state index in [0.717, 1.165) is 66.8 Å². The number of benzene rings is 12. The summed E-state index contributed by atoms with van der Waals surface area (Å²) in [5.41, 5.74) is 10.4. The second kappa shape index (κ2) is 49.2. The van der Waals surface area contributed by atoms with Crippen LogP contribution in [0.4, 0.5) is 0 Å². The third-order valence-corrected chi connectivity index (χ3v) is 23.1. The lowest BCUT2D eigenvalue weighted by Crippen LogP contribution is -2.69. The van der Waals surface area contributed by atoms with Crippen molar-refractivity contribution < 1.29 is 100 Å². The first kappa shape index (κ1) is 92.1. The molecule has 0 amide bonds. The summed E-state index contributed by atoms with van der Waals surface area (Å²) in [6.07, 6.45) is -25.9. The van der Waals surface area contributed by atoms with Gasteiger partial charge < -0.3 is 100 Å². The van der Waals surface area contributed by atoms with Gasteiger partial charge in [-0.1, -0.05) is 364 Å². The molecule has 0 saturated carbocycles. The van der Waals surface area contributed by atoms with Crippen LogP contribution in [0.5, 0.6) is 0 Å². The van der Waals surface area contributed by atoms with Crippen LogP contribution in [0.3, 0.4) is 0 Å². The SMILES string of the molecule is OC1O[C@H](COCc2ccccc2)[C@@H](OCc2ccccc2)[C@H](OCc2ccccc2)[C@@H]1OC1O[C@H](COCc2ccccc2)[C@@H](OCc2ccccc2)[C@H](OCc2ccccc2)[C@@H]1OC1O[C@H](COCc2ccccc2)[C@@H](OCc2ccccc2)[C@H](OCc2ccccc2)[C@@H]1OC1O[C@H](COCc2ccccc2)[C@@H](OCc2ccccc2)[C@H](OCc2ccccc2)[C@@H]1O. The molecule has 4 aliphatic rings. The highest BCUT2D eigenvalue weighted by Crippen LogP contribution is 2.42. The molecule has 4 aliphatic heterocycles. The summed E-state index contributed by atoms with van der Waals surface area (Å²) in [4.78, 5) is 0. The Hall–Kier alpha value is -10.2. The van der Waals surface area contributed by atoms with Gasteiger partial charge >= 0.3 is 0 Å². The molecule has 0 radical (unpaired) electrons. The van der Waals surface area contributed by atoms with E-state index in [0.29, 0.717) is 0 Å². The van der Waals surface area contributed by atoms with Gasteiger partial charge in [0.2, 0.25) is 0 Å². The van der Waals surface area contributed by atoms with Gasteiger partial charge in [0.05, 0.1) is 106 Å². The molecule has 2 N–H and O–H groups in total. The van der Waals surface area contributed by atoms with Gasteiger partial charge in [0.15, 0.2) is 25.2 Å². The summed E-state index contributed by atoms with van der Waals surface area (Å²) in [6.45, 7) is 0.934. The molecular formula is C108H114O21. The minimum absolute atomic E-state index is 0.00000305. The van der Waals surface area contributed by atoms with Crippen LogP contribution in [0.15, 0.2) is 364 Å². The lowest BCUT2D eigenvalue weighted by molar-refractivity contribution is -0.415. The molecule has 672 valence electrons. The molecule has 0 bridgehead atoms. The molecule has 4 fully saturated rings. The molecule has 12 aromatic carbocycles. The first-order chi connectivity index (χ1) is 63.8. The van der Waals surface area contributed by atoms with Crippen LogP contribution >= 0.6 is 0 Å². The Kier molecular flexibility index (Phi) is 35.1. The molecule has 16 rings (SSSR count). The average molecular weight is 1750 g/mol. The fourth-order valence-corrected chi connectivity index (χ4v) is 16.5. The fraction of sp³-hybridized carbons (Fsp3) is 0.333. The smallest absolute Gasteiger partial charge is 0.187 e. The molecule has 0 aromatic heterocycles. The summed E-state index contributed by atoms with van der Waals surface area (Å²) in [7, 11) is 0. The molecule has 21 nitrogen and oxygen atoms in total. The number of aliphatic hydroxyl groups excluding tert-OH is 2. The van der Waals surface area contributed by atoms with Gasteiger partial charge in [0, 0.05) is 0 Å². The molecule has 20 atom stereocenters. The molecule has 4 unspecified atom stereocenters. The Balaban J connectivity index is 0.857. The van der Waals surface area contributed by atoms with Crippen molar-refractivity contribution in [1.29, 1.82) is 0 Å². The molecule has 4 heterocycles. The van der Waals surface area contributed by atoms with E-state index in [9.17, 15) is 10.2 Å². The van der Waals surface area contributed by atoms with E-state index < -0.39 is 123 Å². The van der Waals surface area contributed by atoms with Gasteiger partial charge in [-0.15, -0.1) is 0 Å².